The van der Waals surface area contributed by atoms with Gasteiger partial charge in [0.05, 0.1) is 13.7 Å². The van der Waals surface area contributed by atoms with Gasteiger partial charge in [-0.05, 0) is 62.6 Å². The van der Waals surface area contributed by atoms with Gasteiger partial charge in [-0.2, -0.15) is 0 Å². The van der Waals surface area contributed by atoms with Crippen molar-refractivity contribution >= 4 is 17.8 Å². The van der Waals surface area contributed by atoms with E-state index in [2.05, 4.69) is 34.3 Å². The first-order valence-electron chi connectivity index (χ1n) is 12.4. The van der Waals surface area contributed by atoms with Crippen molar-refractivity contribution in [3.8, 4) is 17.7 Å². The van der Waals surface area contributed by atoms with Crippen LogP contribution in [0.5, 0.6) is 5.88 Å². The third kappa shape index (κ3) is 5.06. The lowest BCUT2D eigenvalue weighted by Gasteiger charge is -2.41. The molecular formula is C28H32N4O4. The standard InChI is InChI=1S/C28H32N4O4/c1-3-4-18-32-26(34)28(30-27(32)35,16-8-12-21-10-6-5-7-11-21)22-14-19-31(20-15-22)25(33)23-13-9-17-29-24(23)36-2/h5-7,9-11,13,17,22H,8,12,14-16,18-20H2,1-2H3,(H,30,35). The summed E-state index contributed by atoms with van der Waals surface area (Å²) in [7, 11) is 1.49. The fourth-order valence-electron chi connectivity index (χ4n) is 5.27. The zero-order valence-corrected chi connectivity index (χ0v) is 20.8. The third-order valence-corrected chi connectivity index (χ3v) is 7.17. The molecule has 1 aromatic carbocycles. The molecule has 8 heteroatoms. The van der Waals surface area contributed by atoms with Gasteiger partial charge in [-0.3, -0.25) is 14.5 Å². The fraction of sp³-hybridized carbons (Fsp3) is 0.429. The van der Waals surface area contributed by atoms with E-state index in [4.69, 9.17) is 4.74 Å². The van der Waals surface area contributed by atoms with Crippen LogP contribution in [0.15, 0.2) is 48.7 Å². The lowest BCUT2D eigenvalue weighted by molar-refractivity contribution is -0.133. The van der Waals surface area contributed by atoms with Crippen molar-refractivity contribution in [1.29, 1.82) is 0 Å². The molecule has 2 saturated heterocycles. The minimum atomic E-state index is -0.984. The van der Waals surface area contributed by atoms with Gasteiger partial charge in [-0.1, -0.05) is 36.3 Å². The van der Waals surface area contributed by atoms with Gasteiger partial charge in [0.15, 0.2) is 0 Å². The number of hydrogen-bond donors (Lipinski definition) is 1. The molecule has 2 aliphatic heterocycles. The van der Waals surface area contributed by atoms with Crippen molar-refractivity contribution in [3.63, 3.8) is 0 Å². The summed E-state index contributed by atoms with van der Waals surface area (Å²) in [5.74, 6) is 5.49. The zero-order valence-electron chi connectivity index (χ0n) is 20.8. The number of hydrogen-bond acceptors (Lipinski definition) is 5. The van der Waals surface area contributed by atoms with Crippen LogP contribution in [0, 0.1) is 17.8 Å². The molecule has 0 bridgehead atoms. The van der Waals surface area contributed by atoms with Crippen molar-refractivity contribution in [3.05, 3.63) is 59.8 Å². The minimum Gasteiger partial charge on any atom is -0.480 e. The maximum atomic E-state index is 13.7. The van der Waals surface area contributed by atoms with Crippen LogP contribution in [0.3, 0.4) is 0 Å². The normalized spacial score (nSPS) is 20.1. The Morgan fingerprint density at radius 1 is 1.17 bits per heavy atom. The highest BCUT2D eigenvalue weighted by Gasteiger charge is 2.55. The number of nitrogens with one attached hydrogen (secondary N) is 1. The maximum Gasteiger partial charge on any atom is 0.325 e. The second kappa shape index (κ2) is 11.3. The number of methoxy groups -OCH3 is 1. The molecule has 1 unspecified atom stereocenters. The quantitative estimate of drug-likeness (QED) is 0.455. The first kappa shape index (κ1) is 25.2. The summed E-state index contributed by atoms with van der Waals surface area (Å²) in [6.45, 7) is 2.75. The zero-order chi connectivity index (χ0) is 25.5. The number of aromatic nitrogens is 1. The highest BCUT2D eigenvalue weighted by atomic mass is 16.5. The van der Waals surface area contributed by atoms with E-state index in [-0.39, 0.29) is 30.3 Å². The number of piperidine rings is 1. The van der Waals surface area contributed by atoms with Crippen LogP contribution in [-0.2, 0) is 11.2 Å². The van der Waals surface area contributed by atoms with Crippen molar-refractivity contribution in [2.75, 3.05) is 26.7 Å². The number of urea groups is 1. The molecule has 2 aliphatic rings. The molecule has 0 saturated carbocycles. The summed E-state index contributed by atoms with van der Waals surface area (Å²) in [5.41, 5.74) is 0.636. The summed E-state index contributed by atoms with van der Waals surface area (Å²) in [5, 5.41) is 3.06. The predicted octanol–water partition coefficient (Wildman–Crippen LogP) is 3.28. The molecular weight excluding hydrogens is 456 g/mol. The first-order chi connectivity index (χ1) is 17.5. The SMILES string of the molecule is CC#CCN1C(=O)NC(CCCc2ccccc2)(C2CCN(C(=O)c3cccnc3OC)CC2)C1=O. The molecule has 0 aliphatic carbocycles. The highest BCUT2D eigenvalue weighted by Crippen LogP contribution is 2.38. The topological polar surface area (TPSA) is 91.8 Å². The Kier molecular flexibility index (Phi) is 7.89. The van der Waals surface area contributed by atoms with Gasteiger partial charge in [0.1, 0.15) is 11.1 Å². The van der Waals surface area contributed by atoms with Crippen LogP contribution in [0.4, 0.5) is 4.79 Å². The van der Waals surface area contributed by atoms with Crippen LogP contribution in [0.1, 0.15) is 48.5 Å². The number of pyridine rings is 1. The van der Waals surface area contributed by atoms with Gasteiger partial charge in [-0.25, -0.2) is 9.78 Å². The number of likely N-dealkylation sites (tertiary alicyclic amines) is 1. The molecule has 36 heavy (non-hydrogen) atoms. The second-order valence-electron chi connectivity index (χ2n) is 9.19. The monoisotopic (exact) mass is 488 g/mol. The fourth-order valence-corrected chi connectivity index (χ4v) is 5.27. The third-order valence-electron chi connectivity index (χ3n) is 7.17. The number of ether oxygens (including phenoxy) is 1. The summed E-state index contributed by atoms with van der Waals surface area (Å²) in [6.07, 6.45) is 4.92. The van der Waals surface area contributed by atoms with Gasteiger partial charge >= 0.3 is 6.03 Å². The van der Waals surface area contributed by atoms with Gasteiger partial charge in [-0.15, -0.1) is 5.92 Å². The lowest BCUT2D eigenvalue weighted by Crippen LogP contribution is -2.56. The van der Waals surface area contributed by atoms with Gasteiger partial charge in [0, 0.05) is 19.3 Å². The Morgan fingerprint density at radius 2 is 1.92 bits per heavy atom. The Hall–Kier alpha value is -3.86. The van der Waals surface area contributed by atoms with E-state index in [1.165, 1.54) is 17.6 Å². The molecule has 0 radical (unpaired) electrons. The average Bonchev–Trinajstić information content (AvgIpc) is 3.16. The number of amides is 4. The molecule has 2 fully saturated rings. The molecule has 2 aromatic rings. The van der Waals surface area contributed by atoms with Crippen LogP contribution >= 0.6 is 0 Å². The Morgan fingerprint density at radius 3 is 2.61 bits per heavy atom. The number of rotatable bonds is 8. The number of imide groups is 1. The molecule has 4 amide bonds. The van der Waals surface area contributed by atoms with E-state index in [0.717, 1.165) is 12.8 Å². The highest BCUT2D eigenvalue weighted by molar-refractivity contribution is 6.07. The molecule has 1 aromatic heterocycles. The number of carbonyl (C=O) groups is 3. The smallest absolute Gasteiger partial charge is 0.325 e. The van der Waals surface area contributed by atoms with Gasteiger partial charge in [0.25, 0.3) is 11.8 Å². The maximum absolute atomic E-state index is 13.7. The van der Waals surface area contributed by atoms with Gasteiger partial charge < -0.3 is 15.0 Å². The number of benzene rings is 1. The van der Waals surface area contributed by atoms with Crippen molar-refractivity contribution in [2.45, 2.75) is 44.6 Å². The molecule has 1 N–H and O–H groups in total. The van der Waals surface area contributed by atoms with E-state index in [1.54, 1.807) is 30.2 Å². The van der Waals surface area contributed by atoms with Crippen LogP contribution < -0.4 is 10.1 Å². The summed E-state index contributed by atoms with van der Waals surface area (Å²) in [6, 6.07) is 13.2. The van der Waals surface area contributed by atoms with E-state index in [9.17, 15) is 14.4 Å². The summed E-state index contributed by atoms with van der Waals surface area (Å²) < 4.78 is 5.26. The van der Waals surface area contributed by atoms with E-state index < -0.39 is 5.54 Å². The van der Waals surface area contributed by atoms with E-state index in [1.807, 2.05) is 18.2 Å². The molecule has 0 spiro atoms. The average molecular weight is 489 g/mol. The van der Waals surface area contributed by atoms with Crippen LogP contribution in [0.2, 0.25) is 0 Å². The Labute approximate surface area is 212 Å². The predicted molar refractivity (Wildman–Crippen MR) is 135 cm³/mol. The van der Waals surface area contributed by atoms with Crippen LogP contribution in [-0.4, -0.2) is 64.9 Å². The molecule has 4 rings (SSSR count). The van der Waals surface area contributed by atoms with Crippen LogP contribution in [0.25, 0.3) is 0 Å². The van der Waals surface area contributed by atoms with E-state index >= 15 is 0 Å². The Bertz CT molecular complexity index is 1160. The number of carbonyl (C=O) groups excluding carboxylic acids is 3. The molecule has 8 nitrogen and oxygen atoms in total. The largest absolute Gasteiger partial charge is 0.480 e. The number of aryl methyl sites for hydroxylation is 1. The summed E-state index contributed by atoms with van der Waals surface area (Å²) >= 11 is 0. The Balaban J connectivity index is 1.50. The molecule has 1 atom stereocenters. The van der Waals surface area contributed by atoms with Crippen molar-refractivity contribution < 1.29 is 19.1 Å². The van der Waals surface area contributed by atoms with E-state index in [0.29, 0.717) is 43.8 Å². The van der Waals surface area contributed by atoms with Crippen molar-refractivity contribution in [1.82, 2.24) is 20.1 Å². The minimum absolute atomic E-state index is 0.0795. The summed E-state index contributed by atoms with van der Waals surface area (Å²) in [4.78, 5) is 46.8. The second-order valence-corrected chi connectivity index (χ2v) is 9.19. The first-order valence-corrected chi connectivity index (χ1v) is 12.4. The lowest BCUT2D eigenvalue weighted by atomic mass is 9.74. The number of nitrogens with zero attached hydrogens (tertiary/aromatic N) is 3. The molecule has 3 heterocycles. The van der Waals surface area contributed by atoms with Crippen molar-refractivity contribution in [2.24, 2.45) is 5.92 Å². The molecule has 188 valence electrons. The van der Waals surface area contributed by atoms with Gasteiger partial charge in [0.2, 0.25) is 5.88 Å².